The molecule has 3 aliphatic heterocycles. The molecule has 1 N–H and O–H groups in total. The molecule has 4 heterocycles. The molecule has 14 heteroatoms. The lowest BCUT2D eigenvalue weighted by Gasteiger charge is -2.40. The number of oxime groups is 1. The smallest absolute Gasteiger partial charge is 0.338 e. The van der Waals surface area contributed by atoms with Gasteiger partial charge in [-0.3, -0.25) is 9.59 Å². The van der Waals surface area contributed by atoms with Crippen molar-refractivity contribution >= 4 is 46.5 Å². The number of aromatic nitrogens is 3. The summed E-state index contributed by atoms with van der Waals surface area (Å²) in [6.07, 6.45) is -0.581. The molecule has 3 aliphatic rings. The molecule has 1 aromatic heterocycles. The number of amides is 2. The maximum absolute atomic E-state index is 14.9. The number of fused-ring (bicyclic) bond motifs is 2. The van der Waals surface area contributed by atoms with Crippen LogP contribution in [0, 0.1) is 5.82 Å². The lowest BCUT2D eigenvalue weighted by Crippen LogP contribution is -2.49. The number of nitrogens with one attached hydrogen (secondary N) is 1. The highest BCUT2D eigenvalue weighted by molar-refractivity contribution is 6.31. The van der Waals surface area contributed by atoms with Gasteiger partial charge < -0.3 is 29.3 Å². The number of anilines is 2. The summed E-state index contributed by atoms with van der Waals surface area (Å²) < 4.78 is 22.5. The first-order chi connectivity index (χ1) is 25.3. The predicted molar refractivity (Wildman–Crippen MR) is 197 cm³/mol. The third-order valence-electron chi connectivity index (χ3n) is 9.56. The molecule has 0 spiro atoms. The highest BCUT2D eigenvalue weighted by Gasteiger charge is 2.43. The summed E-state index contributed by atoms with van der Waals surface area (Å²) in [6.45, 7) is 11.8. The minimum atomic E-state index is -1.07. The maximum atomic E-state index is 14.9. The van der Waals surface area contributed by atoms with Gasteiger partial charge in [0, 0.05) is 48.9 Å². The van der Waals surface area contributed by atoms with Crippen LogP contribution in [-0.4, -0.2) is 68.0 Å². The van der Waals surface area contributed by atoms with Crippen LogP contribution >= 0.6 is 11.6 Å². The van der Waals surface area contributed by atoms with Crippen molar-refractivity contribution in [2.45, 2.75) is 84.2 Å². The molecule has 276 valence electrons. The van der Waals surface area contributed by atoms with E-state index in [-0.39, 0.29) is 35.2 Å². The van der Waals surface area contributed by atoms with Crippen LogP contribution in [0.5, 0.6) is 0 Å². The van der Waals surface area contributed by atoms with Crippen LogP contribution in [0.15, 0.2) is 65.8 Å². The number of ether oxygens (including phenoxy) is 1. The van der Waals surface area contributed by atoms with Gasteiger partial charge in [0.05, 0.1) is 22.8 Å². The topological polar surface area (TPSA) is 131 Å². The van der Waals surface area contributed by atoms with E-state index >= 15 is 0 Å². The van der Waals surface area contributed by atoms with Crippen LogP contribution in [0.25, 0.3) is 0 Å². The second-order valence-corrected chi connectivity index (χ2v) is 15.1. The average Bonchev–Trinajstić information content (AvgIpc) is 3.79. The van der Waals surface area contributed by atoms with Crippen molar-refractivity contribution in [3.8, 4) is 0 Å². The van der Waals surface area contributed by atoms with Gasteiger partial charge in [-0.2, -0.15) is 0 Å². The molecule has 3 aromatic carbocycles. The Hall–Kier alpha value is -5.30. The quantitative estimate of drug-likeness (QED) is 0.215. The number of nitrogens with zero attached hydrogens (tertiary/aromatic N) is 6. The van der Waals surface area contributed by atoms with Gasteiger partial charge in [0.25, 0.3) is 11.8 Å². The van der Waals surface area contributed by atoms with Crippen LogP contribution in [0.3, 0.4) is 0 Å². The number of benzene rings is 3. The normalized spacial score (nSPS) is 18.2. The lowest BCUT2D eigenvalue weighted by molar-refractivity contribution is -0.148. The first-order valence-electron chi connectivity index (χ1n) is 17.7. The van der Waals surface area contributed by atoms with E-state index in [9.17, 15) is 18.8 Å². The van der Waals surface area contributed by atoms with Crippen LogP contribution in [-0.2, 0) is 38.7 Å². The number of hydrogen-bond acceptors (Lipinski definition) is 9. The van der Waals surface area contributed by atoms with Gasteiger partial charge in [0.15, 0.2) is 11.6 Å². The SMILES string of the molecule is CC(C)c1nnc2n1CCN(c1cccc3c1CCN(C(=O)[C@@H]1CC(c4cccc(Cl)c4F)=NO1)[C@H]3C(=O)Nc1ccc(C(=O)OC(C)(C)C)cc1)C2. The van der Waals surface area contributed by atoms with E-state index in [0.29, 0.717) is 29.8 Å². The summed E-state index contributed by atoms with van der Waals surface area (Å²) >= 11 is 6.01. The molecule has 0 radical (unpaired) electrons. The zero-order valence-electron chi connectivity index (χ0n) is 30.2. The Morgan fingerprint density at radius 2 is 1.75 bits per heavy atom. The fourth-order valence-electron chi connectivity index (χ4n) is 7.10. The van der Waals surface area contributed by atoms with E-state index in [1.165, 1.54) is 17.0 Å². The molecule has 0 fully saturated rings. The highest BCUT2D eigenvalue weighted by atomic mass is 35.5. The summed E-state index contributed by atoms with van der Waals surface area (Å²) in [5.41, 5.74) is 3.14. The third kappa shape index (κ3) is 7.22. The molecule has 4 aromatic rings. The van der Waals surface area contributed by atoms with E-state index < -0.39 is 41.3 Å². The molecule has 2 amide bonds. The standard InChI is InChI=1S/C39H41ClFN7O5/c1-22(2)35-44-43-32-21-46(18-19-47(32)35)30-11-7-8-26-25(30)16-17-48(37(50)31-20-29(45-53-31)27-9-6-10-28(40)33(27)41)34(26)36(49)42-24-14-12-23(13-15-24)38(51)52-39(3,4)5/h6-15,22,31,34H,16-21H2,1-5H3,(H,42,49)/t31-,34+/m0/s1. The second kappa shape index (κ2) is 14.3. The Morgan fingerprint density at radius 1 is 1.00 bits per heavy atom. The van der Waals surface area contributed by atoms with Gasteiger partial charge in [-0.25, -0.2) is 9.18 Å². The number of carbonyl (C=O) groups is 3. The number of halogens is 2. The van der Waals surface area contributed by atoms with E-state index in [2.05, 4.69) is 44.0 Å². The van der Waals surface area contributed by atoms with Crippen molar-refractivity contribution in [2.24, 2.45) is 5.16 Å². The Morgan fingerprint density at radius 3 is 2.49 bits per heavy atom. The molecule has 0 unspecified atom stereocenters. The first-order valence-corrected chi connectivity index (χ1v) is 18.1. The molecular weight excluding hydrogens is 701 g/mol. The molecule has 53 heavy (non-hydrogen) atoms. The molecule has 0 aliphatic carbocycles. The van der Waals surface area contributed by atoms with Crippen molar-refractivity contribution in [2.75, 3.05) is 23.3 Å². The minimum absolute atomic E-state index is 0.00673. The molecular formula is C39H41ClFN7O5. The van der Waals surface area contributed by atoms with Gasteiger partial charge in [-0.05, 0) is 80.8 Å². The highest BCUT2D eigenvalue weighted by Crippen LogP contribution is 2.39. The molecule has 0 saturated carbocycles. The summed E-state index contributed by atoms with van der Waals surface area (Å²) in [4.78, 5) is 50.6. The van der Waals surface area contributed by atoms with Crippen LogP contribution in [0.1, 0.15) is 91.7 Å². The van der Waals surface area contributed by atoms with Crippen LogP contribution < -0.4 is 10.2 Å². The Kier molecular flexibility index (Phi) is 9.71. The first kappa shape index (κ1) is 36.1. The van der Waals surface area contributed by atoms with Gasteiger partial charge in [-0.15, -0.1) is 10.2 Å². The van der Waals surface area contributed by atoms with Gasteiger partial charge >= 0.3 is 5.97 Å². The molecule has 12 nitrogen and oxygen atoms in total. The minimum Gasteiger partial charge on any atom is -0.456 e. The third-order valence-corrected chi connectivity index (χ3v) is 9.85. The Bertz CT molecular complexity index is 2110. The Labute approximate surface area is 311 Å². The number of hydrogen-bond donors (Lipinski definition) is 1. The zero-order valence-corrected chi connectivity index (χ0v) is 31.0. The van der Waals surface area contributed by atoms with E-state index in [1.807, 2.05) is 18.2 Å². The monoisotopic (exact) mass is 741 g/mol. The number of carbonyl (C=O) groups excluding carboxylic acids is 3. The summed E-state index contributed by atoms with van der Waals surface area (Å²) in [6, 6.07) is 15.8. The molecule has 0 bridgehead atoms. The molecule has 2 atom stereocenters. The van der Waals surface area contributed by atoms with Crippen LogP contribution in [0.2, 0.25) is 5.02 Å². The fraction of sp³-hybridized carbons (Fsp3) is 0.385. The second-order valence-electron chi connectivity index (χ2n) is 14.7. The lowest BCUT2D eigenvalue weighted by atomic mass is 9.89. The maximum Gasteiger partial charge on any atom is 0.338 e. The van der Waals surface area contributed by atoms with E-state index in [0.717, 1.165) is 36.0 Å². The Balaban J connectivity index is 1.18. The summed E-state index contributed by atoms with van der Waals surface area (Å²) in [5, 5.41) is 15.9. The van der Waals surface area contributed by atoms with Crippen molar-refractivity contribution in [3.05, 3.63) is 105 Å². The van der Waals surface area contributed by atoms with E-state index in [4.69, 9.17) is 21.2 Å². The number of rotatable bonds is 7. The summed E-state index contributed by atoms with van der Waals surface area (Å²) in [7, 11) is 0. The largest absolute Gasteiger partial charge is 0.456 e. The summed E-state index contributed by atoms with van der Waals surface area (Å²) in [5.74, 6) is 0.0667. The van der Waals surface area contributed by atoms with Gasteiger partial charge in [0.1, 0.15) is 17.5 Å². The van der Waals surface area contributed by atoms with Crippen molar-refractivity contribution < 1.29 is 28.3 Å². The molecule has 0 saturated heterocycles. The van der Waals surface area contributed by atoms with Crippen molar-refractivity contribution in [1.29, 1.82) is 0 Å². The van der Waals surface area contributed by atoms with Gasteiger partial charge in [-0.1, -0.05) is 48.8 Å². The van der Waals surface area contributed by atoms with Gasteiger partial charge in [0.2, 0.25) is 6.10 Å². The van der Waals surface area contributed by atoms with Crippen molar-refractivity contribution in [3.63, 3.8) is 0 Å². The predicted octanol–water partition coefficient (Wildman–Crippen LogP) is 6.43. The average molecular weight is 742 g/mol. The zero-order chi connectivity index (χ0) is 37.6. The number of esters is 1. The van der Waals surface area contributed by atoms with Crippen molar-refractivity contribution in [1.82, 2.24) is 19.7 Å². The van der Waals surface area contributed by atoms with Crippen LogP contribution in [0.4, 0.5) is 15.8 Å². The fourth-order valence-corrected chi connectivity index (χ4v) is 7.27. The molecule has 7 rings (SSSR count). The van der Waals surface area contributed by atoms with E-state index in [1.54, 1.807) is 51.1 Å².